The second-order valence-electron chi connectivity index (χ2n) is 3.92. The fourth-order valence-electron chi connectivity index (χ4n) is 0.845. The number of carbonyl (C=O) groups is 1. The van der Waals surface area contributed by atoms with Crippen LogP contribution < -0.4 is 10.9 Å². The first kappa shape index (κ1) is 11.2. The third-order valence-electron chi connectivity index (χ3n) is 1.31. The first-order chi connectivity index (χ1) is 6.87. The summed E-state index contributed by atoms with van der Waals surface area (Å²) in [5, 5.41) is 2.35. The zero-order valence-electron chi connectivity index (χ0n) is 8.83. The Kier molecular flexibility index (Phi) is 3.08. The molecule has 0 radical (unpaired) electrons. The van der Waals surface area contributed by atoms with Crippen LogP contribution in [0.3, 0.4) is 0 Å². The first-order valence-corrected chi connectivity index (χ1v) is 4.41. The normalized spacial score (nSPS) is 10.9. The third-order valence-corrected chi connectivity index (χ3v) is 1.31. The van der Waals surface area contributed by atoms with E-state index in [0.717, 1.165) is 0 Å². The lowest BCUT2D eigenvalue weighted by molar-refractivity contribution is 0.0635. The topological polar surface area (TPSA) is 84.1 Å². The summed E-state index contributed by atoms with van der Waals surface area (Å²) in [5.41, 5.74) is -0.915. The highest BCUT2D eigenvalue weighted by Gasteiger charge is 2.16. The Balaban J connectivity index is 2.63. The molecule has 0 aliphatic carbocycles. The summed E-state index contributed by atoms with van der Waals surface area (Å²) in [7, 11) is 0. The number of H-pyrrole nitrogens is 1. The van der Waals surface area contributed by atoms with Crippen LogP contribution in [0.4, 0.5) is 10.6 Å². The Bertz CT molecular complexity index is 406. The van der Waals surface area contributed by atoms with Crippen LogP contribution in [0.15, 0.2) is 17.2 Å². The number of rotatable bonds is 1. The number of nitrogens with one attached hydrogen (secondary N) is 2. The minimum absolute atomic E-state index is 0.160. The number of amides is 1. The molecule has 1 aromatic rings. The molecular formula is C9H13N3O3. The molecule has 0 saturated carbocycles. The Labute approximate surface area is 86.7 Å². The molecule has 1 rings (SSSR count). The van der Waals surface area contributed by atoms with Gasteiger partial charge in [-0.3, -0.25) is 10.1 Å². The highest BCUT2D eigenvalue weighted by atomic mass is 16.6. The lowest BCUT2D eigenvalue weighted by atomic mass is 10.2. The van der Waals surface area contributed by atoms with Crippen LogP contribution in [-0.4, -0.2) is 21.7 Å². The Hall–Kier alpha value is -1.85. The summed E-state index contributed by atoms with van der Waals surface area (Å²) in [6.45, 7) is 5.24. The second kappa shape index (κ2) is 4.12. The van der Waals surface area contributed by atoms with E-state index in [2.05, 4.69) is 15.3 Å². The highest BCUT2D eigenvalue weighted by Crippen LogP contribution is 2.08. The molecule has 0 saturated heterocycles. The van der Waals surface area contributed by atoms with Gasteiger partial charge in [0, 0.05) is 6.07 Å². The molecule has 0 bridgehead atoms. The van der Waals surface area contributed by atoms with Gasteiger partial charge in [0.1, 0.15) is 11.4 Å². The number of ether oxygens (including phenoxy) is 1. The second-order valence-corrected chi connectivity index (χ2v) is 3.92. The van der Waals surface area contributed by atoms with E-state index in [1.807, 2.05) is 0 Å². The molecule has 0 aliphatic heterocycles. The molecule has 6 heteroatoms. The van der Waals surface area contributed by atoms with Gasteiger partial charge in [-0.2, -0.15) is 0 Å². The van der Waals surface area contributed by atoms with Gasteiger partial charge in [-0.05, 0) is 20.8 Å². The molecule has 2 N–H and O–H groups in total. The number of nitrogens with zero attached hydrogens (tertiary/aromatic N) is 1. The zero-order valence-corrected chi connectivity index (χ0v) is 8.83. The smallest absolute Gasteiger partial charge is 0.413 e. The number of aromatic amines is 1. The molecule has 0 aromatic carbocycles. The number of carbonyl (C=O) groups excluding carboxylic acids is 1. The van der Waals surface area contributed by atoms with Crippen molar-refractivity contribution in [3.63, 3.8) is 0 Å². The molecule has 6 nitrogen and oxygen atoms in total. The van der Waals surface area contributed by atoms with Gasteiger partial charge < -0.3 is 9.72 Å². The monoisotopic (exact) mass is 211 g/mol. The summed E-state index contributed by atoms with van der Waals surface area (Å²) < 4.78 is 4.98. The maximum Gasteiger partial charge on any atom is 0.413 e. The Morgan fingerprint density at radius 3 is 2.73 bits per heavy atom. The van der Waals surface area contributed by atoms with Crippen LogP contribution in [0.2, 0.25) is 0 Å². The van der Waals surface area contributed by atoms with E-state index < -0.39 is 11.7 Å². The van der Waals surface area contributed by atoms with Crippen molar-refractivity contribution < 1.29 is 9.53 Å². The summed E-state index contributed by atoms with van der Waals surface area (Å²) in [6, 6.07) is 1.17. The first-order valence-electron chi connectivity index (χ1n) is 4.41. The minimum atomic E-state index is -0.638. The third kappa shape index (κ3) is 4.26. The number of aromatic nitrogens is 2. The van der Waals surface area contributed by atoms with E-state index in [1.165, 1.54) is 12.4 Å². The predicted molar refractivity (Wildman–Crippen MR) is 54.7 cm³/mol. The fraction of sp³-hybridized carbons (Fsp3) is 0.444. The van der Waals surface area contributed by atoms with Crippen molar-refractivity contribution in [2.24, 2.45) is 0 Å². The van der Waals surface area contributed by atoms with E-state index in [9.17, 15) is 9.59 Å². The SMILES string of the molecule is CC(C)(C)OC(=O)Nc1cc(=O)[nH]cn1. The van der Waals surface area contributed by atoms with Gasteiger partial charge in [0.2, 0.25) is 0 Å². The van der Waals surface area contributed by atoms with Crippen molar-refractivity contribution in [3.8, 4) is 0 Å². The van der Waals surface area contributed by atoms with E-state index >= 15 is 0 Å². The molecule has 0 spiro atoms. The molecule has 0 aliphatic rings. The lowest BCUT2D eigenvalue weighted by Gasteiger charge is -2.19. The fourth-order valence-corrected chi connectivity index (χ4v) is 0.845. The average Bonchev–Trinajstić information content (AvgIpc) is 1.99. The maximum absolute atomic E-state index is 11.3. The molecule has 0 atom stereocenters. The van der Waals surface area contributed by atoms with Gasteiger partial charge in [-0.1, -0.05) is 0 Å². The summed E-state index contributed by atoms with van der Waals surface area (Å²) in [5.74, 6) is 0.160. The quantitative estimate of drug-likeness (QED) is 0.728. The van der Waals surface area contributed by atoms with Crippen molar-refractivity contribution in [2.45, 2.75) is 26.4 Å². The van der Waals surface area contributed by atoms with Crippen LogP contribution >= 0.6 is 0 Å². The van der Waals surface area contributed by atoms with Crippen molar-refractivity contribution in [1.82, 2.24) is 9.97 Å². The van der Waals surface area contributed by atoms with Crippen molar-refractivity contribution in [1.29, 1.82) is 0 Å². The van der Waals surface area contributed by atoms with Gasteiger partial charge in [0.25, 0.3) is 5.56 Å². The van der Waals surface area contributed by atoms with Gasteiger partial charge in [-0.25, -0.2) is 9.78 Å². The van der Waals surface area contributed by atoms with E-state index in [0.29, 0.717) is 0 Å². The van der Waals surface area contributed by atoms with Gasteiger partial charge in [0.15, 0.2) is 0 Å². The van der Waals surface area contributed by atoms with Crippen molar-refractivity contribution in [2.75, 3.05) is 5.32 Å². The number of hydrogen-bond acceptors (Lipinski definition) is 4. The van der Waals surface area contributed by atoms with Gasteiger partial charge in [0.05, 0.1) is 6.33 Å². The maximum atomic E-state index is 11.3. The summed E-state index contributed by atoms with van der Waals surface area (Å²) in [4.78, 5) is 28.2. The standard InChI is InChI=1S/C9H13N3O3/c1-9(2,3)15-8(14)12-6-4-7(13)11-5-10-6/h4-5H,1-3H3,(H2,10,11,12,13,14). The molecule has 1 aromatic heterocycles. The van der Waals surface area contributed by atoms with Gasteiger partial charge >= 0.3 is 6.09 Å². The van der Waals surface area contributed by atoms with Crippen LogP contribution in [0.25, 0.3) is 0 Å². The average molecular weight is 211 g/mol. The predicted octanol–water partition coefficient (Wildman–Crippen LogP) is 1.12. The molecule has 15 heavy (non-hydrogen) atoms. The number of hydrogen-bond donors (Lipinski definition) is 2. The van der Waals surface area contributed by atoms with E-state index in [4.69, 9.17) is 4.74 Å². The summed E-state index contributed by atoms with van der Waals surface area (Å²) >= 11 is 0. The highest BCUT2D eigenvalue weighted by molar-refractivity contribution is 5.83. The van der Waals surface area contributed by atoms with Crippen LogP contribution in [-0.2, 0) is 4.74 Å². The van der Waals surface area contributed by atoms with Gasteiger partial charge in [-0.15, -0.1) is 0 Å². The van der Waals surface area contributed by atoms with E-state index in [1.54, 1.807) is 20.8 Å². The Morgan fingerprint density at radius 1 is 1.53 bits per heavy atom. The van der Waals surface area contributed by atoms with Crippen molar-refractivity contribution in [3.05, 3.63) is 22.7 Å². The molecular weight excluding hydrogens is 198 g/mol. The number of anilines is 1. The molecule has 0 unspecified atom stereocenters. The minimum Gasteiger partial charge on any atom is -0.444 e. The molecule has 0 fully saturated rings. The molecule has 1 amide bonds. The van der Waals surface area contributed by atoms with Crippen molar-refractivity contribution >= 4 is 11.9 Å². The summed E-state index contributed by atoms with van der Waals surface area (Å²) in [6.07, 6.45) is 0.565. The molecule has 1 heterocycles. The molecule has 82 valence electrons. The Morgan fingerprint density at radius 2 is 2.20 bits per heavy atom. The largest absolute Gasteiger partial charge is 0.444 e. The van der Waals surface area contributed by atoms with Crippen LogP contribution in [0.5, 0.6) is 0 Å². The van der Waals surface area contributed by atoms with Crippen LogP contribution in [0, 0.1) is 0 Å². The van der Waals surface area contributed by atoms with Crippen LogP contribution in [0.1, 0.15) is 20.8 Å². The lowest BCUT2D eigenvalue weighted by Crippen LogP contribution is -2.27. The zero-order chi connectivity index (χ0) is 11.5. The van der Waals surface area contributed by atoms with E-state index in [-0.39, 0.29) is 11.4 Å².